The van der Waals surface area contributed by atoms with Crippen molar-refractivity contribution in [2.24, 2.45) is 10.9 Å². The molecule has 0 atom stereocenters. The van der Waals surface area contributed by atoms with Gasteiger partial charge < -0.3 is 0 Å². The highest BCUT2D eigenvalue weighted by atomic mass is 14.8. The van der Waals surface area contributed by atoms with Crippen molar-refractivity contribution in [1.82, 2.24) is 0 Å². The van der Waals surface area contributed by atoms with Gasteiger partial charge in [-0.05, 0) is 29.0 Å². The fourth-order valence-electron chi connectivity index (χ4n) is 1.94. The van der Waals surface area contributed by atoms with Crippen LogP contribution in [0.1, 0.15) is 52.2 Å². The smallest absolute Gasteiger partial charge is 0.0665 e. The average molecular weight is 217 g/mol. The second kappa shape index (κ2) is 4.82. The van der Waals surface area contributed by atoms with Crippen molar-refractivity contribution in [3.63, 3.8) is 0 Å². The molecule has 2 rings (SSSR count). The molecular formula is C15H23N. The predicted molar refractivity (Wildman–Crippen MR) is 72.9 cm³/mol. The molecule has 0 saturated carbocycles. The van der Waals surface area contributed by atoms with Crippen LogP contribution in [0.4, 0.5) is 5.69 Å². The Bertz CT molecular complexity index is 400. The Morgan fingerprint density at radius 3 is 2.31 bits per heavy atom. The van der Waals surface area contributed by atoms with Gasteiger partial charge in [-0.25, -0.2) is 0 Å². The van der Waals surface area contributed by atoms with E-state index in [1.54, 1.807) is 0 Å². The van der Waals surface area contributed by atoms with Crippen LogP contribution in [-0.2, 0) is 6.42 Å². The lowest BCUT2D eigenvalue weighted by Crippen LogP contribution is -2.06. The molecule has 0 aromatic heterocycles. The van der Waals surface area contributed by atoms with Crippen LogP contribution in [-0.4, -0.2) is 5.71 Å². The molecule has 0 unspecified atom stereocenters. The first-order valence-electron chi connectivity index (χ1n) is 5.78. The maximum absolute atomic E-state index is 4.67. The van der Waals surface area contributed by atoms with Crippen LogP contribution in [0, 0.1) is 5.92 Å². The minimum Gasteiger partial charge on any atom is -0.257 e. The number of hydrogen-bond acceptors (Lipinski definition) is 1. The summed E-state index contributed by atoms with van der Waals surface area (Å²) in [5.41, 5.74) is 5.34. The molecular weight excluding hydrogens is 194 g/mol. The van der Waals surface area contributed by atoms with Gasteiger partial charge in [-0.2, -0.15) is 0 Å². The van der Waals surface area contributed by atoms with Crippen molar-refractivity contribution >= 4 is 11.4 Å². The Hall–Kier alpha value is -1.11. The molecule has 1 heteroatoms. The Morgan fingerprint density at radius 2 is 1.75 bits per heavy atom. The van der Waals surface area contributed by atoms with Gasteiger partial charge >= 0.3 is 0 Å². The van der Waals surface area contributed by atoms with E-state index in [4.69, 9.17) is 0 Å². The van der Waals surface area contributed by atoms with E-state index in [2.05, 4.69) is 50.9 Å². The molecule has 88 valence electrons. The number of hydrogen-bond donors (Lipinski definition) is 0. The largest absolute Gasteiger partial charge is 0.257 e. The predicted octanol–water partition coefficient (Wildman–Crippen LogP) is 4.73. The average Bonchev–Trinajstić information content (AvgIpc) is 2.59. The van der Waals surface area contributed by atoms with Crippen LogP contribution in [0.3, 0.4) is 0 Å². The molecule has 0 saturated heterocycles. The minimum atomic E-state index is 0. The number of fused-ring (bicyclic) bond motifs is 1. The van der Waals surface area contributed by atoms with Gasteiger partial charge in [0.2, 0.25) is 0 Å². The van der Waals surface area contributed by atoms with Crippen molar-refractivity contribution in [3.8, 4) is 0 Å². The number of aliphatic imine (C=N–C) groups is 1. The third-order valence-electron chi connectivity index (χ3n) is 3.07. The molecule has 1 heterocycles. The first kappa shape index (κ1) is 13.0. The monoisotopic (exact) mass is 217 g/mol. The van der Waals surface area contributed by atoms with Gasteiger partial charge in [0, 0.05) is 12.1 Å². The molecule has 0 amide bonds. The third-order valence-corrected chi connectivity index (χ3v) is 3.07. The zero-order chi connectivity index (χ0) is 11.0. The third kappa shape index (κ3) is 2.34. The molecule has 1 aromatic carbocycles. The maximum Gasteiger partial charge on any atom is 0.0665 e. The molecule has 0 spiro atoms. The lowest BCUT2D eigenvalue weighted by atomic mass is 9.97. The fraction of sp³-hybridized carbons (Fsp3) is 0.533. The molecule has 1 aromatic rings. The van der Waals surface area contributed by atoms with Crippen LogP contribution in [0.15, 0.2) is 23.2 Å². The number of benzene rings is 1. The van der Waals surface area contributed by atoms with Gasteiger partial charge in [0.15, 0.2) is 0 Å². The van der Waals surface area contributed by atoms with Crippen LogP contribution < -0.4 is 0 Å². The second-order valence-electron chi connectivity index (χ2n) is 4.98. The normalized spacial score (nSPS) is 13.8. The van der Waals surface area contributed by atoms with E-state index >= 15 is 0 Å². The van der Waals surface area contributed by atoms with Gasteiger partial charge in [-0.3, -0.25) is 4.99 Å². The first-order chi connectivity index (χ1) is 7.08. The summed E-state index contributed by atoms with van der Waals surface area (Å²) in [6.45, 7) is 8.91. The molecule has 0 aliphatic carbocycles. The SMILES string of the molecule is C.CC(C)C1=Nc2ccc(C(C)C)cc2C1. The summed E-state index contributed by atoms with van der Waals surface area (Å²) in [6.07, 6.45) is 1.05. The highest BCUT2D eigenvalue weighted by Gasteiger charge is 2.17. The molecule has 1 aliphatic rings. The lowest BCUT2D eigenvalue weighted by molar-refractivity contribution is 0.861. The van der Waals surface area contributed by atoms with Gasteiger partial charge in [0.05, 0.1) is 5.69 Å². The van der Waals surface area contributed by atoms with Crippen molar-refractivity contribution in [3.05, 3.63) is 29.3 Å². The van der Waals surface area contributed by atoms with Crippen molar-refractivity contribution in [1.29, 1.82) is 0 Å². The highest BCUT2D eigenvalue weighted by Crippen LogP contribution is 2.31. The van der Waals surface area contributed by atoms with E-state index in [0.29, 0.717) is 11.8 Å². The molecule has 1 aliphatic heterocycles. The standard InChI is InChI=1S/C14H19N.CH4/c1-9(2)11-5-6-13-12(7-11)8-14(15-13)10(3)4;/h5-7,9-10H,8H2,1-4H3;1H4. The lowest BCUT2D eigenvalue weighted by Gasteiger charge is -2.07. The summed E-state index contributed by atoms with van der Waals surface area (Å²) in [5, 5.41) is 0. The van der Waals surface area contributed by atoms with E-state index in [-0.39, 0.29) is 7.43 Å². The summed E-state index contributed by atoms with van der Waals surface area (Å²) >= 11 is 0. The Labute approximate surface area is 99.6 Å². The first-order valence-corrected chi connectivity index (χ1v) is 5.78. The zero-order valence-electron chi connectivity index (χ0n) is 10.0. The zero-order valence-corrected chi connectivity index (χ0v) is 10.0. The molecule has 16 heavy (non-hydrogen) atoms. The van der Waals surface area contributed by atoms with Crippen molar-refractivity contribution in [2.45, 2.75) is 47.5 Å². The van der Waals surface area contributed by atoms with E-state index in [1.165, 1.54) is 22.5 Å². The van der Waals surface area contributed by atoms with Gasteiger partial charge in [-0.15, -0.1) is 0 Å². The Morgan fingerprint density at radius 1 is 1.06 bits per heavy atom. The molecule has 0 radical (unpaired) electrons. The van der Waals surface area contributed by atoms with Crippen molar-refractivity contribution < 1.29 is 0 Å². The van der Waals surface area contributed by atoms with Gasteiger partial charge in [0.25, 0.3) is 0 Å². The van der Waals surface area contributed by atoms with Crippen LogP contribution in [0.25, 0.3) is 0 Å². The van der Waals surface area contributed by atoms with Gasteiger partial charge in [0.1, 0.15) is 0 Å². The highest BCUT2D eigenvalue weighted by molar-refractivity contribution is 5.95. The molecule has 1 nitrogen and oxygen atoms in total. The van der Waals surface area contributed by atoms with Gasteiger partial charge in [-0.1, -0.05) is 47.3 Å². The topological polar surface area (TPSA) is 12.4 Å². The van der Waals surface area contributed by atoms with Crippen molar-refractivity contribution in [2.75, 3.05) is 0 Å². The molecule has 0 bridgehead atoms. The summed E-state index contributed by atoms with van der Waals surface area (Å²) in [4.78, 5) is 4.67. The Kier molecular flexibility index (Phi) is 3.90. The number of nitrogens with zero attached hydrogens (tertiary/aromatic N) is 1. The number of rotatable bonds is 2. The van der Waals surface area contributed by atoms with Crippen LogP contribution in [0.2, 0.25) is 0 Å². The van der Waals surface area contributed by atoms with E-state index < -0.39 is 0 Å². The van der Waals surface area contributed by atoms with E-state index in [9.17, 15) is 0 Å². The fourth-order valence-corrected chi connectivity index (χ4v) is 1.94. The summed E-state index contributed by atoms with van der Waals surface area (Å²) < 4.78 is 0. The molecule has 0 N–H and O–H groups in total. The van der Waals surface area contributed by atoms with E-state index in [0.717, 1.165) is 6.42 Å². The minimum absolute atomic E-state index is 0. The Balaban J connectivity index is 0.00000128. The summed E-state index contributed by atoms with van der Waals surface area (Å²) in [5.74, 6) is 1.18. The quantitative estimate of drug-likeness (QED) is 0.679. The molecule has 0 fully saturated rings. The summed E-state index contributed by atoms with van der Waals surface area (Å²) in [7, 11) is 0. The second-order valence-corrected chi connectivity index (χ2v) is 4.98. The maximum atomic E-state index is 4.67. The van der Waals surface area contributed by atoms with E-state index in [1.807, 2.05) is 0 Å². The van der Waals surface area contributed by atoms with Crippen LogP contribution in [0.5, 0.6) is 0 Å². The summed E-state index contributed by atoms with van der Waals surface area (Å²) in [6, 6.07) is 6.69. The van der Waals surface area contributed by atoms with Crippen LogP contribution >= 0.6 is 0 Å².